The van der Waals surface area contributed by atoms with E-state index in [9.17, 15) is 0 Å². The quantitative estimate of drug-likeness (QED) is 0.167. The van der Waals surface area contributed by atoms with Gasteiger partial charge < -0.3 is 0 Å². The molecule has 286 valence electrons. The van der Waals surface area contributed by atoms with E-state index in [1.165, 1.54) is 16.8 Å². The molecule has 0 aliphatic rings. The summed E-state index contributed by atoms with van der Waals surface area (Å²) in [6.07, 6.45) is 7.10. The molecule has 4 aromatic heterocycles. The normalized spacial score (nSPS) is 12.2. The molecule has 9 rings (SSSR count). The van der Waals surface area contributed by atoms with Crippen LogP contribution in [0.2, 0.25) is 0 Å². The van der Waals surface area contributed by atoms with Crippen molar-refractivity contribution in [2.45, 2.75) is 59.3 Å². The Morgan fingerprint density at radius 1 is 0.561 bits per heavy atom. The van der Waals surface area contributed by atoms with Crippen LogP contribution in [0.25, 0.3) is 61.2 Å². The van der Waals surface area contributed by atoms with E-state index in [0.717, 1.165) is 76.3 Å². The number of imidazole rings is 1. The summed E-state index contributed by atoms with van der Waals surface area (Å²) in [5, 5.41) is 2.29. The molecule has 0 unspecified atom stereocenters. The number of aryl methyl sites for hydroxylation is 1. The van der Waals surface area contributed by atoms with Crippen LogP contribution in [0.15, 0.2) is 140 Å². The number of aromatic nitrogens is 6. The molecule has 0 atom stereocenters. The number of hydrogen-bond acceptors (Lipinski definition) is 4. The van der Waals surface area contributed by atoms with Crippen molar-refractivity contribution in [2.24, 2.45) is 0 Å². The maximum absolute atomic E-state index is 6.74. The van der Waals surface area contributed by atoms with Gasteiger partial charge in [0.15, 0.2) is 0 Å². The topological polar surface area (TPSA) is 62.7 Å². The van der Waals surface area contributed by atoms with Crippen LogP contribution in [-0.2, 0) is 30.2 Å². The fraction of sp³-hybridized carbons (Fsp3) is 0.184. The molecule has 7 nitrogen and oxygen atoms in total. The van der Waals surface area contributed by atoms with Crippen molar-refractivity contribution < 1.29 is 24.1 Å². The number of nitrogens with zero attached hydrogens (tertiary/aromatic N) is 6. The van der Waals surface area contributed by atoms with Gasteiger partial charge in [0.25, 0.3) is 0 Å². The standard InChI is InChI=1S/C49H44N6O.Pt/c1-32-24-46(52-29-39(32)33-27-50-30-51-28-33)55-42-19-9-8-16-37(42)38-23-22-36(26-45(38)55)56-35-15-12-14-34(25-35)53-31-54(44-21-11-10-20-43(44)53)47-40(48(2,3)4)17-13-18-41(47)49(5,6)7;/h8-30H,1-7H3;. The van der Waals surface area contributed by atoms with Gasteiger partial charge in [-0.1, -0.05) is 12.1 Å². The fourth-order valence-electron chi connectivity index (χ4n) is 8.05. The van der Waals surface area contributed by atoms with Gasteiger partial charge in [0.1, 0.15) is 6.33 Å². The summed E-state index contributed by atoms with van der Waals surface area (Å²) in [7, 11) is 0. The monoisotopic (exact) mass is 927 g/mol. The van der Waals surface area contributed by atoms with E-state index in [1.54, 1.807) is 6.33 Å². The van der Waals surface area contributed by atoms with E-state index in [0.29, 0.717) is 0 Å². The minimum atomic E-state index is -0.0629. The number of ether oxygens (including phenoxy) is 1. The zero-order valence-corrected chi connectivity index (χ0v) is 35.5. The molecule has 57 heavy (non-hydrogen) atoms. The summed E-state index contributed by atoms with van der Waals surface area (Å²) in [4.78, 5) is 13.4. The predicted molar refractivity (Wildman–Crippen MR) is 228 cm³/mol. The van der Waals surface area contributed by atoms with Crippen molar-refractivity contribution in [3.63, 3.8) is 0 Å². The van der Waals surface area contributed by atoms with Gasteiger partial charge in [0.2, 0.25) is 0 Å². The fourth-order valence-corrected chi connectivity index (χ4v) is 9.15. The first-order valence-corrected chi connectivity index (χ1v) is 20.4. The zero-order valence-electron chi connectivity index (χ0n) is 33.2. The molecule has 0 amide bonds. The first-order valence-electron chi connectivity index (χ1n) is 19.2. The van der Waals surface area contributed by atoms with Gasteiger partial charge in [-0.25, -0.2) is 9.97 Å². The van der Waals surface area contributed by atoms with E-state index in [4.69, 9.17) is 9.72 Å². The molecular weight excluding hydrogens is 884 g/mol. The number of fused-ring (bicyclic) bond motifs is 4. The second-order valence-electron chi connectivity index (χ2n) is 16.7. The molecule has 5 aromatic carbocycles. The third-order valence-electron chi connectivity index (χ3n) is 10.7. The number of hydrogen-bond donors (Lipinski definition) is 0. The molecule has 0 saturated heterocycles. The summed E-state index contributed by atoms with van der Waals surface area (Å²) >= 11 is 2.51. The average molecular weight is 928 g/mol. The van der Waals surface area contributed by atoms with Gasteiger partial charge >= 0.3 is 275 Å². The van der Waals surface area contributed by atoms with Gasteiger partial charge in [-0.05, 0) is 12.5 Å². The van der Waals surface area contributed by atoms with Gasteiger partial charge in [0.05, 0.1) is 0 Å². The molecule has 0 bridgehead atoms. The zero-order chi connectivity index (χ0) is 39.6. The van der Waals surface area contributed by atoms with Crippen molar-refractivity contribution in [3.05, 3.63) is 161 Å². The van der Waals surface area contributed by atoms with Crippen LogP contribution in [0.3, 0.4) is 0 Å². The van der Waals surface area contributed by atoms with Gasteiger partial charge in [-0.2, -0.15) is 0 Å². The second kappa shape index (κ2) is 13.9. The first-order chi connectivity index (χ1) is 27.4. The van der Waals surface area contributed by atoms with E-state index in [1.807, 2.05) is 24.7 Å². The van der Waals surface area contributed by atoms with E-state index < -0.39 is 0 Å². The van der Waals surface area contributed by atoms with Crippen LogP contribution in [0, 0.1) is 10.7 Å². The van der Waals surface area contributed by atoms with Crippen LogP contribution < -0.4 is 4.74 Å². The Bertz CT molecular complexity index is 3020. The second-order valence-corrected chi connectivity index (χ2v) is 17.7. The molecule has 0 saturated carbocycles. The number of rotatable bonds is 6. The van der Waals surface area contributed by atoms with Crippen LogP contribution in [0.4, 0.5) is 0 Å². The molecule has 9 aromatic rings. The molecule has 8 heteroatoms. The molecule has 0 aliphatic carbocycles. The Balaban J connectivity index is 1.15. The average Bonchev–Trinajstić information content (AvgIpc) is 3.68. The van der Waals surface area contributed by atoms with Gasteiger partial charge in [-0.15, -0.1) is 0 Å². The molecule has 0 fully saturated rings. The molecule has 0 radical (unpaired) electrons. The van der Waals surface area contributed by atoms with Crippen LogP contribution in [0.1, 0.15) is 58.2 Å². The van der Waals surface area contributed by atoms with Crippen molar-refractivity contribution in [2.75, 3.05) is 0 Å². The minimum absolute atomic E-state index is 0.0629. The van der Waals surface area contributed by atoms with Crippen molar-refractivity contribution in [3.8, 4) is 39.8 Å². The SMILES string of the molecule is Cc1cc(-n2c3ccccc3c3ccc(Oc4cccc(-n5[c](=[Pt])n(-c6c(C(C)(C)C)cccc6C(C)(C)C)c6ccccc65)c4)cc32)ncc1-c1cncnc1. The van der Waals surface area contributed by atoms with Crippen molar-refractivity contribution in [1.29, 1.82) is 0 Å². The summed E-state index contributed by atoms with van der Waals surface area (Å²) in [6, 6.07) is 40.8. The smallest absolute Gasteiger partial charge is 0.244 e. The van der Waals surface area contributed by atoms with Crippen molar-refractivity contribution in [1.82, 2.24) is 28.7 Å². The molecule has 0 aliphatic heterocycles. The Morgan fingerprint density at radius 3 is 1.86 bits per heavy atom. The third-order valence-corrected chi connectivity index (χ3v) is 11.8. The Morgan fingerprint density at radius 2 is 1.18 bits per heavy atom. The van der Waals surface area contributed by atoms with E-state index in [-0.39, 0.29) is 10.8 Å². The predicted octanol–water partition coefficient (Wildman–Crippen LogP) is 12.1. The first kappa shape index (κ1) is 36.7. The maximum atomic E-state index is 6.74. The van der Waals surface area contributed by atoms with Gasteiger partial charge in [-0.3, -0.25) is 0 Å². The number of pyridine rings is 1. The molecule has 4 heterocycles. The number of para-hydroxylation sites is 4. The molecule has 0 N–H and O–H groups in total. The van der Waals surface area contributed by atoms with Crippen molar-refractivity contribution >= 4 is 32.8 Å². The van der Waals surface area contributed by atoms with Gasteiger partial charge in [0, 0.05) is 29.7 Å². The van der Waals surface area contributed by atoms with Crippen LogP contribution in [-0.4, -0.2) is 28.7 Å². The summed E-state index contributed by atoms with van der Waals surface area (Å²) in [5.41, 5.74) is 12.2. The number of benzene rings is 5. The Labute approximate surface area is 343 Å². The van der Waals surface area contributed by atoms with Crippen LogP contribution in [0.5, 0.6) is 11.5 Å². The summed E-state index contributed by atoms with van der Waals surface area (Å²) in [5.74, 6) is 2.34. The molecule has 0 spiro atoms. The Kier molecular flexibility index (Phi) is 8.97. The van der Waals surface area contributed by atoms with E-state index >= 15 is 0 Å². The summed E-state index contributed by atoms with van der Waals surface area (Å²) < 4.78 is 14.8. The Hall–Kier alpha value is -5.91. The van der Waals surface area contributed by atoms with E-state index in [2.05, 4.69) is 201 Å². The van der Waals surface area contributed by atoms with Crippen LogP contribution >= 0.6 is 0 Å². The third kappa shape index (κ3) is 6.44. The molecular formula is C49H44N6OPt. The minimum Gasteiger partial charge on any atom is -0.244 e. The summed E-state index contributed by atoms with van der Waals surface area (Å²) in [6.45, 7) is 15.9.